The summed E-state index contributed by atoms with van der Waals surface area (Å²) in [6, 6.07) is 0.583. The molecule has 0 aromatic carbocycles. The molecule has 0 radical (unpaired) electrons. The fourth-order valence-electron chi connectivity index (χ4n) is 0.0962. The Labute approximate surface area is 44.9 Å². The second-order valence-corrected chi connectivity index (χ2v) is 2.40. The number of hydrogen-bond acceptors (Lipinski definition) is 1. The molecule has 2 fully saturated rings. The lowest BCUT2D eigenvalue weighted by molar-refractivity contribution is 1.07. The Morgan fingerprint density at radius 1 is 1.00 bits per heavy atom. The van der Waals surface area contributed by atoms with Gasteiger partial charge in [-0.15, -0.1) is 0 Å². The smallest absolute Gasteiger partial charge is 0.00399 e. The van der Waals surface area contributed by atoms with Gasteiger partial charge in [0.05, 0.1) is 0 Å². The molecule has 2 N–H and O–H groups in total. The third-order valence-corrected chi connectivity index (χ3v) is 0.976. The maximum Gasteiger partial charge on any atom is 0.00399 e. The first-order chi connectivity index (χ1) is 3.39. The van der Waals surface area contributed by atoms with Gasteiger partial charge in [-0.25, -0.2) is 0 Å². The van der Waals surface area contributed by atoms with Crippen LogP contribution in [0.25, 0.3) is 0 Å². The SMILES string of the molecule is C1CC1.NC1CC1. The highest BCUT2D eigenvalue weighted by atomic mass is 14.7. The van der Waals surface area contributed by atoms with Crippen LogP contribution in [0.3, 0.4) is 0 Å². The minimum Gasteiger partial charge on any atom is -0.328 e. The summed E-state index contributed by atoms with van der Waals surface area (Å²) in [5.41, 5.74) is 5.22. The van der Waals surface area contributed by atoms with E-state index in [1.54, 1.807) is 0 Å². The molecule has 2 saturated carbocycles. The summed E-state index contributed by atoms with van der Waals surface area (Å²) in [5, 5.41) is 0. The van der Waals surface area contributed by atoms with Crippen LogP contribution in [0.2, 0.25) is 0 Å². The van der Waals surface area contributed by atoms with E-state index in [0.717, 1.165) is 0 Å². The summed E-state index contributed by atoms with van der Waals surface area (Å²) in [6.07, 6.45) is 7.03. The predicted octanol–water partition coefficient (Wildman–Crippen LogP) is 1.28. The van der Waals surface area contributed by atoms with Crippen LogP contribution in [0.5, 0.6) is 0 Å². The Balaban J connectivity index is 0.0000000729. The van der Waals surface area contributed by atoms with Crippen molar-refractivity contribution in [3.05, 3.63) is 0 Å². The van der Waals surface area contributed by atoms with Gasteiger partial charge in [-0.1, -0.05) is 19.3 Å². The molecule has 1 nitrogen and oxygen atoms in total. The van der Waals surface area contributed by atoms with Gasteiger partial charge in [0.15, 0.2) is 0 Å². The quantitative estimate of drug-likeness (QED) is 0.486. The molecule has 7 heavy (non-hydrogen) atoms. The molecule has 0 heterocycles. The average Bonchev–Trinajstić information content (AvgIpc) is 2.27. The second-order valence-electron chi connectivity index (χ2n) is 2.40. The Morgan fingerprint density at radius 2 is 1.29 bits per heavy atom. The Bertz CT molecular complexity index is 43.4. The van der Waals surface area contributed by atoms with Crippen molar-refractivity contribution in [3.63, 3.8) is 0 Å². The van der Waals surface area contributed by atoms with Crippen LogP contribution in [0.15, 0.2) is 0 Å². The molecule has 0 spiro atoms. The lowest BCUT2D eigenvalue weighted by atomic mass is 10.8. The van der Waals surface area contributed by atoms with Gasteiger partial charge in [0.2, 0.25) is 0 Å². The van der Waals surface area contributed by atoms with E-state index in [2.05, 4.69) is 0 Å². The fraction of sp³-hybridized carbons (Fsp3) is 1.00. The minimum atomic E-state index is 0.583. The molecule has 2 rings (SSSR count). The first-order valence-corrected chi connectivity index (χ1v) is 3.15. The van der Waals surface area contributed by atoms with Gasteiger partial charge in [0.25, 0.3) is 0 Å². The van der Waals surface area contributed by atoms with Crippen LogP contribution in [0.4, 0.5) is 0 Å². The standard InChI is InChI=1S/C3H7N.C3H6/c4-3-1-2-3;1-2-3-1/h3H,1-2,4H2;1-3H2. The van der Waals surface area contributed by atoms with E-state index in [0.29, 0.717) is 6.04 Å². The summed E-state index contributed by atoms with van der Waals surface area (Å²) in [7, 11) is 0. The molecule has 1 heteroatoms. The van der Waals surface area contributed by atoms with Crippen molar-refractivity contribution in [2.45, 2.75) is 38.1 Å². The zero-order chi connectivity index (χ0) is 5.11. The van der Waals surface area contributed by atoms with Gasteiger partial charge in [-0.3, -0.25) is 0 Å². The lowest BCUT2D eigenvalue weighted by Gasteiger charge is -1.58. The van der Waals surface area contributed by atoms with Gasteiger partial charge in [0.1, 0.15) is 0 Å². The summed E-state index contributed by atoms with van der Waals surface area (Å²) in [6.45, 7) is 0. The van der Waals surface area contributed by atoms with Crippen molar-refractivity contribution in [1.82, 2.24) is 0 Å². The first kappa shape index (κ1) is 5.10. The zero-order valence-electron chi connectivity index (χ0n) is 4.69. The van der Waals surface area contributed by atoms with Crippen LogP contribution < -0.4 is 5.73 Å². The van der Waals surface area contributed by atoms with E-state index in [1.165, 1.54) is 32.1 Å². The van der Waals surface area contributed by atoms with Crippen LogP contribution in [-0.2, 0) is 0 Å². The van der Waals surface area contributed by atoms with E-state index in [1.807, 2.05) is 0 Å². The minimum absolute atomic E-state index is 0.583. The fourth-order valence-corrected chi connectivity index (χ4v) is 0.0962. The van der Waals surface area contributed by atoms with E-state index in [4.69, 9.17) is 5.73 Å². The molecule has 0 aliphatic heterocycles. The predicted molar refractivity (Wildman–Crippen MR) is 31.1 cm³/mol. The molecule has 0 aromatic rings. The molecule has 0 atom stereocenters. The highest BCUT2D eigenvalue weighted by molar-refractivity contribution is 4.75. The van der Waals surface area contributed by atoms with Crippen LogP contribution in [0.1, 0.15) is 32.1 Å². The molecule has 42 valence electrons. The molecule has 0 aromatic heterocycles. The summed E-state index contributed by atoms with van der Waals surface area (Å²) in [4.78, 5) is 0. The van der Waals surface area contributed by atoms with Crippen LogP contribution in [-0.4, -0.2) is 6.04 Å². The monoisotopic (exact) mass is 99.1 g/mol. The van der Waals surface area contributed by atoms with E-state index in [9.17, 15) is 0 Å². The topological polar surface area (TPSA) is 26.0 Å². The van der Waals surface area contributed by atoms with Gasteiger partial charge in [-0.2, -0.15) is 0 Å². The number of rotatable bonds is 0. The van der Waals surface area contributed by atoms with Crippen molar-refractivity contribution in [2.75, 3.05) is 0 Å². The van der Waals surface area contributed by atoms with Crippen LogP contribution in [0, 0.1) is 0 Å². The third kappa shape index (κ3) is 5.96. The van der Waals surface area contributed by atoms with Gasteiger partial charge < -0.3 is 5.73 Å². The van der Waals surface area contributed by atoms with E-state index >= 15 is 0 Å². The molecular weight excluding hydrogens is 86.1 g/mol. The summed E-state index contributed by atoms with van der Waals surface area (Å²) in [5.74, 6) is 0. The summed E-state index contributed by atoms with van der Waals surface area (Å²) < 4.78 is 0. The Kier molecular flexibility index (Phi) is 1.69. The summed E-state index contributed by atoms with van der Waals surface area (Å²) >= 11 is 0. The maximum atomic E-state index is 5.22. The third-order valence-electron chi connectivity index (χ3n) is 0.976. The second kappa shape index (κ2) is 2.31. The Morgan fingerprint density at radius 3 is 1.29 bits per heavy atom. The van der Waals surface area contributed by atoms with Crippen LogP contribution >= 0.6 is 0 Å². The van der Waals surface area contributed by atoms with Gasteiger partial charge in [-0.05, 0) is 12.8 Å². The largest absolute Gasteiger partial charge is 0.328 e. The van der Waals surface area contributed by atoms with Crippen molar-refractivity contribution < 1.29 is 0 Å². The molecule has 0 bridgehead atoms. The van der Waals surface area contributed by atoms with E-state index in [-0.39, 0.29) is 0 Å². The number of nitrogens with two attached hydrogens (primary N) is 1. The molecule has 2 aliphatic carbocycles. The highest BCUT2D eigenvalue weighted by Gasteiger charge is 2.13. The average molecular weight is 99.2 g/mol. The number of hydrogen-bond donors (Lipinski definition) is 1. The molecule has 0 amide bonds. The first-order valence-electron chi connectivity index (χ1n) is 3.15. The molecule has 0 saturated heterocycles. The normalized spacial score (nSPS) is 25.3. The van der Waals surface area contributed by atoms with Gasteiger partial charge in [0, 0.05) is 6.04 Å². The zero-order valence-corrected chi connectivity index (χ0v) is 4.69. The molecular formula is C6H13N. The van der Waals surface area contributed by atoms with Gasteiger partial charge >= 0.3 is 0 Å². The van der Waals surface area contributed by atoms with Crippen molar-refractivity contribution in [3.8, 4) is 0 Å². The van der Waals surface area contributed by atoms with Crippen molar-refractivity contribution in [1.29, 1.82) is 0 Å². The molecule has 0 unspecified atom stereocenters. The highest BCUT2D eigenvalue weighted by Crippen LogP contribution is 2.15. The van der Waals surface area contributed by atoms with E-state index < -0.39 is 0 Å². The lowest BCUT2D eigenvalue weighted by Crippen LogP contribution is -1.94. The Hall–Kier alpha value is -0.0400. The maximum absolute atomic E-state index is 5.22. The van der Waals surface area contributed by atoms with Crippen molar-refractivity contribution >= 4 is 0 Å². The molecule has 2 aliphatic rings. The van der Waals surface area contributed by atoms with Crippen molar-refractivity contribution in [2.24, 2.45) is 5.73 Å².